The molecule has 6 heteroatoms. The summed E-state index contributed by atoms with van der Waals surface area (Å²) in [6.45, 7) is 0. The Bertz CT molecular complexity index is 1100. The Morgan fingerprint density at radius 3 is 2.42 bits per heavy atom. The molecule has 0 fully saturated rings. The van der Waals surface area contributed by atoms with Gasteiger partial charge in [0.05, 0.1) is 0 Å². The van der Waals surface area contributed by atoms with Gasteiger partial charge in [-0.1, -0.05) is 54.6 Å². The molecule has 114 valence electrons. The van der Waals surface area contributed by atoms with E-state index in [4.69, 9.17) is 0 Å². The summed E-state index contributed by atoms with van der Waals surface area (Å²) in [5.41, 5.74) is 3.51. The van der Waals surface area contributed by atoms with Crippen LogP contribution in [0.25, 0.3) is 17.0 Å². The summed E-state index contributed by atoms with van der Waals surface area (Å²) in [7, 11) is 0. The Morgan fingerprint density at radius 1 is 0.833 bits per heavy atom. The van der Waals surface area contributed by atoms with Gasteiger partial charge in [-0.05, 0) is 5.56 Å². The third-order valence-corrected chi connectivity index (χ3v) is 4.17. The molecule has 0 amide bonds. The molecule has 1 aliphatic carbocycles. The molecule has 5 rings (SSSR count). The first-order valence-corrected chi connectivity index (χ1v) is 7.61. The van der Waals surface area contributed by atoms with Crippen molar-refractivity contribution in [3.63, 3.8) is 0 Å². The third kappa shape index (κ3) is 1.80. The number of ketones is 1. The number of rotatable bonds is 2. The normalized spacial score (nSPS) is 12.4. The smallest absolute Gasteiger partial charge is 0.272 e. The van der Waals surface area contributed by atoms with Crippen molar-refractivity contribution in [3.05, 3.63) is 77.2 Å². The fraction of sp³-hybridized carbons (Fsp3) is 0.0556. The highest BCUT2D eigenvalue weighted by molar-refractivity contribution is 6.19. The van der Waals surface area contributed by atoms with Gasteiger partial charge in [-0.25, -0.2) is 4.98 Å². The summed E-state index contributed by atoms with van der Waals surface area (Å²) in [5.74, 6) is 0.937. The first-order valence-electron chi connectivity index (χ1n) is 7.61. The molecule has 0 atom stereocenters. The molecule has 24 heavy (non-hydrogen) atoms. The topological polar surface area (TPSA) is 73.0 Å². The Morgan fingerprint density at radius 2 is 1.58 bits per heavy atom. The van der Waals surface area contributed by atoms with E-state index in [-0.39, 0.29) is 5.78 Å². The zero-order chi connectivity index (χ0) is 16.1. The third-order valence-electron chi connectivity index (χ3n) is 4.17. The second kappa shape index (κ2) is 4.79. The maximum absolute atomic E-state index is 12.5. The molecule has 2 aromatic heterocycles. The largest absolute Gasteiger partial charge is 0.287 e. The lowest BCUT2D eigenvalue weighted by atomic mass is 10.1. The van der Waals surface area contributed by atoms with E-state index in [1.165, 1.54) is 0 Å². The molecule has 0 unspecified atom stereocenters. The zero-order valence-electron chi connectivity index (χ0n) is 12.5. The van der Waals surface area contributed by atoms with E-state index in [9.17, 15) is 4.79 Å². The van der Waals surface area contributed by atoms with Crippen LogP contribution in [0, 0.1) is 0 Å². The van der Waals surface area contributed by atoms with Crippen molar-refractivity contribution in [1.82, 2.24) is 24.8 Å². The summed E-state index contributed by atoms with van der Waals surface area (Å²) in [6, 6.07) is 17.4. The minimum Gasteiger partial charge on any atom is -0.287 e. The molecular formula is C18H11N5O. The fourth-order valence-electron chi connectivity index (χ4n) is 3.02. The Labute approximate surface area is 136 Å². The van der Waals surface area contributed by atoms with Crippen LogP contribution >= 0.6 is 0 Å². The molecule has 0 radical (unpaired) electrons. The van der Waals surface area contributed by atoms with Crippen molar-refractivity contribution in [2.75, 3.05) is 0 Å². The van der Waals surface area contributed by atoms with Gasteiger partial charge in [-0.15, -0.1) is 10.2 Å². The van der Waals surface area contributed by atoms with Crippen LogP contribution in [0.3, 0.4) is 0 Å². The zero-order valence-corrected chi connectivity index (χ0v) is 12.5. The van der Waals surface area contributed by atoms with Gasteiger partial charge in [0.25, 0.3) is 5.78 Å². The van der Waals surface area contributed by atoms with Crippen LogP contribution in [0.2, 0.25) is 0 Å². The molecule has 0 saturated carbocycles. The van der Waals surface area contributed by atoms with Crippen molar-refractivity contribution in [2.45, 2.75) is 6.42 Å². The van der Waals surface area contributed by atoms with E-state index in [0.717, 1.165) is 11.1 Å². The lowest BCUT2D eigenvalue weighted by Gasteiger charge is -2.02. The maximum atomic E-state index is 12.5. The van der Waals surface area contributed by atoms with Gasteiger partial charge in [0.15, 0.2) is 5.82 Å². The standard InChI is InChI=1S/C18H11N5O/c24-17-13-9-5-4-8-12(13)15-16(17)19-18-21-20-14(23(18)22-15)10-11-6-2-1-3-7-11/h1-9H,10H2. The maximum Gasteiger partial charge on any atom is 0.272 e. The average molecular weight is 313 g/mol. The first-order chi connectivity index (χ1) is 11.8. The molecule has 0 saturated heterocycles. The SMILES string of the molecule is O=C1c2ccccc2-c2nn3c(Cc4ccccc4)nnc3nc21. The minimum absolute atomic E-state index is 0.108. The van der Waals surface area contributed by atoms with Crippen molar-refractivity contribution >= 4 is 11.6 Å². The average Bonchev–Trinajstić information content (AvgIpc) is 3.14. The highest BCUT2D eigenvalue weighted by Crippen LogP contribution is 2.33. The number of nitrogens with zero attached hydrogens (tertiary/aromatic N) is 5. The van der Waals surface area contributed by atoms with Gasteiger partial charge in [-0.2, -0.15) is 9.61 Å². The molecule has 2 aromatic carbocycles. The van der Waals surface area contributed by atoms with Crippen LogP contribution in [0.4, 0.5) is 0 Å². The fourth-order valence-corrected chi connectivity index (χ4v) is 3.02. The molecule has 1 aliphatic rings. The van der Waals surface area contributed by atoms with E-state index in [1.807, 2.05) is 48.5 Å². The predicted octanol–water partition coefficient (Wildman–Crippen LogP) is 2.32. The number of aromatic nitrogens is 5. The Hall–Kier alpha value is -3.41. The second-order valence-corrected chi connectivity index (χ2v) is 5.67. The second-order valence-electron chi connectivity index (χ2n) is 5.67. The van der Waals surface area contributed by atoms with E-state index in [2.05, 4.69) is 20.3 Å². The molecule has 6 nitrogen and oxygen atoms in total. The van der Waals surface area contributed by atoms with Crippen molar-refractivity contribution in [1.29, 1.82) is 0 Å². The van der Waals surface area contributed by atoms with Gasteiger partial charge in [0.2, 0.25) is 5.78 Å². The lowest BCUT2D eigenvalue weighted by Crippen LogP contribution is -2.06. The summed E-state index contributed by atoms with van der Waals surface area (Å²) in [4.78, 5) is 16.9. The lowest BCUT2D eigenvalue weighted by molar-refractivity contribution is 0.103. The van der Waals surface area contributed by atoms with Crippen LogP contribution in [-0.2, 0) is 6.42 Å². The van der Waals surface area contributed by atoms with Crippen molar-refractivity contribution in [2.24, 2.45) is 0 Å². The highest BCUT2D eigenvalue weighted by Gasteiger charge is 2.30. The van der Waals surface area contributed by atoms with Gasteiger partial charge in [0, 0.05) is 17.5 Å². The molecule has 0 aliphatic heterocycles. The molecule has 4 aromatic rings. The number of fused-ring (bicyclic) bond motifs is 4. The van der Waals surface area contributed by atoms with E-state index in [0.29, 0.717) is 35.0 Å². The summed E-state index contributed by atoms with van der Waals surface area (Å²) >= 11 is 0. The summed E-state index contributed by atoms with van der Waals surface area (Å²) in [6.07, 6.45) is 0.602. The van der Waals surface area contributed by atoms with Gasteiger partial charge < -0.3 is 0 Å². The van der Waals surface area contributed by atoms with Crippen molar-refractivity contribution in [3.8, 4) is 11.3 Å². The van der Waals surface area contributed by atoms with E-state index in [1.54, 1.807) is 10.6 Å². The van der Waals surface area contributed by atoms with Gasteiger partial charge >= 0.3 is 0 Å². The quantitative estimate of drug-likeness (QED) is 0.500. The van der Waals surface area contributed by atoms with Crippen LogP contribution in [0.5, 0.6) is 0 Å². The monoisotopic (exact) mass is 313 g/mol. The summed E-state index contributed by atoms with van der Waals surface area (Å²) < 4.78 is 1.63. The molecule has 0 bridgehead atoms. The van der Waals surface area contributed by atoms with E-state index >= 15 is 0 Å². The summed E-state index contributed by atoms with van der Waals surface area (Å²) in [5, 5.41) is 12.9. The predicted molar refractivity (Wildman–Crippen MR) is 86.7 cm³/mol. The van der Waals surface area contributed by atoms with Crippen LogP contribution < -0.4 is 0 Å². The number of carbonyl (C=O) groups excluding carboxylic acids is 1. The Balaban J connectivity index is 1.69. The minimum atomic E-state index is -0.108. The Kier molecular flexibility index (Phi) is 2.61. The van der Waals surface area contributed by atoms with Crippen molar-refractivity contribution < 1.29 is 4.79 Å². The van der Waals surface area contributed by atoms with Crippen LogP contribution in [-0.4, -0.2) is 30.6 Å². The number of hydrogen-bond donors (Lipinski definition) is 0. The van der Waals surface area contributed by atoms with Crippen LogP contribution in [0.15, 0.2) is 54.6 Å². The van der Waals surface area contributed by atoms with Gasteiger partial charge in [-0.3, -0.25) is 4.79 Å². The van der Waals surface area contributed by atoms with E-state index < -0.39 is 0 Å². The van der Waals surface area contributed by atoms with Crippen LogP contribution in [0.1, 0.15) is 27.4 Å². The highest BCUT2D eigenvalue weighted by atomic mass is 16.1. The number of carbonyl (C=O) groups is 1. The molecule has 2 heterocycles. The molecule has 0 N–H and O–H groups in total. The first kappa shape index (κ1) is 13.1. The number of benzene rings is 2. The van der Waals surface area contributed by atoms with Gasteiger partial charge in [0.1, 0.15) is 11.4 Å². The number of hydrogen-bond acceptors (Lipinski definition) is 5. The molecular weight excluding hydrogens is 302 g/mol. The molecule has 0 spiro atoms.